The maximum Gasteiger partial charge on any atom is 0.269 e. The van der Waals surface area contributed by atoms with E-state index >= 15 is 0 Å². The zero-order chi connectivity index (χ0) is 13.1. The number of nitrogens with two attached hydrogens (primary N) is 1. The summed E-state index contributed by atoms with van der Waals surface area (Å²) >= 11 is 0. The van der Waals surface area contributed by atoms with Crippen LogP contribution in [0.1, 0.15) is 19.3 Å². The molecular formula is C12H15N3O3. The van der Waals surface area contributed by atoms with Gasteiger partial charge in [0.25, 0.3) is 5.69 Å². The molecule has 0 aliphatic heterocycles. The van der Waals surface area contributed by atoms with Gasteiger partial charge in [-0.2, -0.15) is 0 Å². The number of non-ortho nitro benzene ring substituents is 1. The van der Waals surface area contributed by atoms with E-state index in [1.165, 1.54) is 24.3 Å². The summed E-state index contributed by atoms with van der Waals surface area (Å²) in [4.78, 5) is 21.7. The van der Waals surface area contributed by atoms with Crippen LogP contribution >= 0.6 is 0 Å². The van der Waals surface area contributed by atoms with Gasteiger partial charge >= 0.3 is 0 Å². The Balaban J connectivity index is 1.91. The van der Waals surface area contributed by atoms with Crippen molar-refractivity contribution in [2.24, 2.45) is 11.7 Å². The lowest BCUT2D eigenvalue weighted by Gasteiger charge is -2.11. The lowest BCUT2D eigenvalue weighted by atomic mass is 10.1. The van der Waals surface area contributed by atoms with Crippen LogP contribution in [0.15, 0.2) is 24.3 Å². The van der Waals surface area contributed by atoms with Gasteiger partial charge in [-0.25, -0.2) is 0 Å². The lowest BCUT2D eigenvalue weighted by Crippen LogP contribution is -2.35. The first kappa shape index (κ1) is 12.5. The molecule has 1 amide bonds. The highest BCUT2D eigenvalue weighted by atomic mass is 16.6. The molecule has 1 saturated carbocycles. The standard InChI is InChI=1S/C12H15N3O3/c13-11(7-8-1-2-8)12(16)14-9-3-5-10(6-4-9)15(17)18/h3-6,8,11H,1-2,7,13H2,(H,14,16)/t11-/m0/s1. The van der Waals surface area contributed by atoms with Gasteiger partial charge in [0.2, 0.25) is 5.91 Å². The number of amides is 1. The molecule has 0 heterocycles. The Morgan fingerprint density at radius 3 is 2.56 bits per heavy atom. The molecule has 6 nitrogen and oxygen atoms in total. The number of nitro groups is 1. The normalized spacial score (nSPS) is 16.1. The SMILES string of the molecule is N[C@@H](CC1CC1)C(=O)Nc1ccc([N+](=O)[O-])cc1. The highest BCUT2D eigenvalue weighted by Gasteiger charge is 2.27. The topological polar surface area (TPSA) is 98.3 Å². The summed E-state index contributed by atoms with van der Waals surface area (Å²) in [7, 11) is 0. The Hall–Kier alpha value is -1.95. The number of carbonyl (C=O) groups excluding carboxylic acids is 1. The molecule has 2 rings (SSSR count). The number of nitro benzene ring substituents is 1. The maximum absolute atomic E-state index is 11.7. The molecule has 1 aliphatic rings. The van der Waals surface area contributed by atoms with Crippen molar-refractivity contribution in [3.63, 3.8) is 0 Å². The monoisotopic (exact) mass is 249 g/mol. The highest BCUT2D eigenvalue weighted by Crippen LogP contribution is 2.33. The van der Waals surface area contributed by atoms with Crippen molar-refractivity contribution in [3.8, 4) is 0 Å². The Kier molecular flexibility index (Phi) is 3.57. The van der Waals surface area contributed by atoms with Gasteiger partial charge in [0.05, 0.1) is 11.0 Å². The molecule has 0 bridgehead atoms. The number of rotatable bonds is 5. The molecule has 6 heteroatoms. The van der Waals surface area contributed by atoms with E-state index in [4.69, 9.17) is 5.73 Å². The number of nitrogens with one attached hydrogen (secondary N) is 1. The summed E-state index contributed by atoms with van der Waals surface area (Å²) in [6, 6.07) is 5.19. The quantitative estimate of drug-likeness (QED) is 0.612. The van der Waals surface area contributed by atoms with Gasteiger partial charge < -0.3 is 11.1 Å². The Morgan fingerprint density at radius 2 is 2.06 bits per heavy atom. The first-order chi connectivity index (χ1) is 8.56. The minimum atomic E-state index is -0.507. The molecule has 0 aromatic heterocycles. The number of carbonyl (C=O) groups is 1. The van der Waals surface area contributed by atoms with Crippen LogP contribution in [0, 0.1) is 16.0 Å². The molecule has 1 aromatic carbocycles. The fourth-order valence-electron chi connectivity index (χ4n) is 1.72. The largest absolute Gasteiger partial charge is 0.325 e. The van der Waals surface area contributed by atoms with Crippen LogP contribution in [0.4, 0.5) is 11.4 Å². The fraction of sp³-hybridized carbons (Fsp3) is 0.417. The molecule has 1 aliphatic carbocycles. The molecule has 1 aromatic rings. The molecule has 1 atom stereocenters. The molecule has 0 spiro atoms. The van der Waals surface area contributed by atoms with E-state index in [-0.39, 0.29) is 11.6 Å². The molecule has 0 radical (unpaired) electrons. The third-order valence-electron chi connectivity index (χ3n) is 2.97. The third kappa shape index (κ3) is 3.27. The predicted molar refractivity (Wildman–Crippen MR) is 67.0 cm³/mol. The van der Waals surface area contributed by atoms with Gasteiger partial charge in [0.1, 0.15) is 0 Å². The van der Waals surface area contributed by atoms with Crippen molar-refractivity contribution in [3.05, 3.63) is 34.4 Å². The predicted octanol–water partition coefficient (Wildman–Crippen LogP) is 1.66. The van der Waals surface area contributed by atoms with E-state index in [9.17, 15) is 14.9 Å². The Labute approximate surface area is 104 Å². The van der Waals surface area contributed by atoms with Crippen LogP contribution in [-0.2, 0) is 4.79 Å². The first-order valence-corrected chi connectivity index (χ1v) is 5.87. The Bertz CT molecular complexity index is 454. The molecule has 0 unspecified atom stereocenters. The average Bonchev–Trinajstić information content (AvgIpc) is 3.13. The smallest absolute Gasteiger partial charge is 0.269 e. The van der Waals surface area contributed by atoms with E-state index in [2.05, 4.69) is 5.32 Å². The van der Waals surface area contributed by atoms with E-state index in [1.807, 2.05) is 0 Å². The van der Waals surface area contributed by atoms with Gasteiger partial charge in [-0.1, -0.05) is 12.8 Å². The zero-order valence-electron chi connectivity index (χ0n) is 9.83. The second-order valence-electron chi connectivity index (χ2n) is 4.58. The summed E-state index contributed by atoms with van der Waals surface area (Å²) in [6.07, 6.45) is 3.01. The van der Waals surface area contributed by atoms with Crippen molar-refractivity contribution in [2.75, 3.05) is 5.32 Å². The van der Waals surface area contributed by atoms with Gasteiger partial charge in [0, 0.05) is 17.8 Å². The van der Waals surface area contributed by atoms with Crippen molar-refractivity contribution in [1.29, 1.82) is 0 Å². The van der Waals surface area contributed by atoms with E-state index in [0.717, 1.165) is 12.8 Å². The van der Waals surface area contributed by atoms with Crippen molar-refractivity contribution >= 4 is 17.3 Å². The van der Waals surface area contributed by atoms with Crippen LogP contribution in [-0.4, -0.2) is 16.9 Å². The van der Waals surface area contributed by atoms with E-state index in [0.29, 0.717) is 18.0 Å². The van der Waals surface area contributed by atoms with Crippen molar-refractivity contribution in [2.45, 2.75) is 25.3 Å². The lowest BCUT2D eigenvalue weighted by molar-refractivity contribution is -0.384. The number of benzene rings is 1. The van der Waals surface area contributed by atoms with E-state index in [1.54, 1.807) is 0 Å². The summed E-state index contributed by atoms with van der Waals surface area (Å²) in [5.74, 6) is 0.346. The van der Waals surface area contributed by atoms with Crippen LogP contribution in [0.25, 0.3) is 0 Å². The second-order valence-corrected chi connectivity index (χ2v) is 4.58. The van der Waals surface area contributed by atoms with Crippen LogP contribution in [0.2, 0.25) is 0 Å². The second kappa shape index (κ2) is 5.14. The summed E-state index contributed by atoms with van der Waals surface area (Å²) in [5.41, 5.74) is 6.28. The highest BCUT2D eigenvalue weighted by molar-refractivity contribution is 5.94. The van der Waals surface area contributed by atoms with E-state index < -0.39 is 11.0 Å². The van der Waals surface area contributed by atoms with Crippen LogP contribution < -0.4 is 11.1 Å². The van der Waals surface area contributed by atoms with Gasteiger partial charge in [0.15, 0.2) is 0 Å². The molecule has 18 heavy (non-hydrogen) atoms. The molecule has 1 fully saturated rings. The maximum atomic E-state index is 11.7. The summed E-state index contributed by atoms with van der Waals surface area (Å²) in [5, 5.41) is 13.1. The Morgan fingerprint density at radius 1 is 1.44 bits per heavy atom. The first-order valence-electron chi connectivity index (χ1n) is 5.87. The number of hydrogen-bond acceptors (Lipinski definition) is 4. The third-order valence-corrected chi connectivity index (χ3v) is 2.97. The number of anilines is 1. The molecule has 3 N–H and O–H groups in total. The molecule has 0 saturated heterocycles. The van der Waals surface area contributed by atoms with Crippen LogP contribution in [0.3, 0.4) is 0 Å². The van der Waals surface area contributed by atoms with Gasteiger partial charge in [-0.15, -0.1) is 0 Å². The zero-order valence-corrected chi connectivity index (χ0v) is 9.83. The minimum absolute atomic E-state index is 0.00437. The van der Waals surface area contributed by atoms with Gasteiger partial charge in [-0.3, -0.25) is 14.9 Å². The molecule has 96 valence electrons. The van der Waals surface area contributed by atoms with Gasteiger partial charge in [-0.05, 0) is 24.5 Å². The van der Waals surface area contributed by atoms with Crippen molar-refractivity contribution < 1.29 is 9.72 Å². The van der Waals surface area contributed by atoms with Crippen molar-refractivity contribution in [1.82, 2.24) is 0 Å². The summed E-state index contributed by atoms with van der Waals surface area (Å²) in [6.45, 7) is 0. The summed E-state index contributed by atoms with van der Waals surface area (Å²) < 4.78 is 0. The fourth-order valence-corrected chi connectivity index (χ4v) is 1.72. The minimum Gasteiger partial charge on any atom is -0.325 e. The number of hydrogen-bond donors (Lipinski definition) is 2. The number of nitrogens with zero attached hydrogens (tertiary/aromatic N) is 1. The molecular weight excluding hydrogens is 234 g/mol. The average molecular weight is 249 g/mol. The van der Waals surface area contributed by atoms with Crippen LogP contribution in [0.5, 0.6) is 0 Å².